The molecule has 2 nitrogen and oxygen atoms in total. The smallest absolute Gasteiger partial charge is 0.130 e. The van der Waals surface area contributed by atoms with E-state index in [1.54, 1.807) is 18.4 Å². The van der Waals surface area contributed by atoms with Crippen LogP contribution in [0.2, 0.25) is 0 Å². The van der Waals surface area contributed by atoms with Gasteiger partial charge in [0.05, 0.1) is 7.11 Å². The average molecular weight is 221 g/mol. The Bertz CT molecular complexity index is 450. The molecule has 80 valence electrons. The number of hydrogen-bond donors (Lipinski definition) is 1. The first-order chi connectivity index (χ1) is 7.36. The highest BCUT2D eigenvalue weighted by atomic mass is 32.1. The number of methoxy groups -OCH3 is 1. The molecule has 0 saturated carbocycles. The Morgan fingerprint density at radius 3 is 2.93 bits per heavy atom. The molecule has 0 unspecified atom stereocenters. The summed E-state index contributed by atoms with van der Waals surface area (Å²) in [7, 11) is 1.73. The van der Waals surface area contributed by atoms with Crippen LogP contribution in [-0.4, -0.2) is 13.7 Å². The number of ether oxygens (including phenoxy) is 1. The van der Waals surface area contributed by atoms with Crippen molar-refractivity contribution in [2.45, 2.75) is 12.8 Å². The molecule has 0 spiro atoms. The van der Waals surface area contributed by atoms with Crippen LogP contribution < -0.4 is 10.5 Å². The summed E-state index contributed by atoms with van der Waals surface area (Å²) in [6.07, 6.45) is 2.00. The fourth-order valence-electron chi connectivity index (χ4n) is 1.79. The number of aryl methyl sites for hydroxylation is 1. The quantitative estimate of drug-likeness (QED) is 0.861. The lowest BCUT2D eigenvalue weighted by Gasteiger charge is -2.09. The van der Waals surface area contributed by atoms with Crippen LogP contribution in [0.15, 0.2) is 23.6 Å². The first-order valence-electron chi connectivity index (χ1n) is 5.10. The fourth-order valence-corrected chi connectivity index (χ4v) is 2.58. The van der Waals surface area contributed by atoms with Gasteiger partial charge in [0, 0.05) is 10.1 Å². The summed E-state index contributed by atoms with van der Waals surface area (Å²) in [5.74, 6) is 1.02. The zero-order valence-corrected chi connectivity index (χ0v) is 9.64. The summed E-state index contributed by atoms with van der Waals surface area (Å²) in [5, 5.41) is 3.32. The first-order valence-corrected chi connectivity index (χ1v) is 5.98. The normalized spacial score (nSPS) is 10.8. The van der Waals surface area contributed by atoms with E-state index in [1.807, 2.05) is 0 Å². The summed E-state index contributed by atoms with van der Waals surface area (Å²) in [6.45, 7) is 0.727. The van der Waals surface area contributed by atoms with Gasteiger partial charge in [0.1, 0.15) is 5.75 Å². The molecule has 0 saturated heterocycles. The van der Waals surface area contributed by atoms with Gasteiger partial charge in [0.15, 0.2) is 0 Å². The van der Waals surface area contributed by atoms with E-state index in [0.717, 1.165) is 25.1 Å². The number of hydrogen-bond acceptors (Lipinski definition) is 3. The van der Waals surface area contributed by atoms with Crippen LogP contribution in [0, 0.1) is 0 Å². The van der Waals surface area contributed by atoms with Gasteiger partial charge in [-0.2, -0.15) is 0 Å². The number of rotatable bonds is 4. The van der Waals surface area contributed by atoms with Gasteiger partial charge in [-0.15, -0.1) is 11.3 Å². The molecule has 0 aliphatic carbocycles. The van der Waals surface area contributed by atoms with Crippen LogP contribution in [0.25, 0.3) is 10.1 Å². The van der Waals surface area contributed by atoms with E-state index in [4.69, 9.17) is 10.5 Å². The second kappa shape index (κ2) is 4.64. The molecule has 1 aromatic carbocycles. The Morgan fingerprint density at radius 2 is 2.20 bits per heavy atom. The molecule has 0 fully saturated rings. The van der Waals surface area contributed by atoms with Gasteiger partial charge < -0.3 is 10.5 Å². The van der Waals surface area contributed by atoms with Gasteiger partial charge in [-0.05, 0) is 42.5 Å². The lowest BCUT2D eigenvalue weighted by molar-refractivity contribution is 0.414. The summed E-state index contributed by atoms with van der Waals surface area (Å²) in [6, 6.07) is 6.42. The molecule has 1 heterocycles. The maximum atomic E-state index is 5.52. The Morgan fingerprint density at radius 1 is 1.33 bits per heavy atom. The molecular weight excluding hydrogens is 206 g/mol. The molecule has 0 radical (unpaired) electrons. The molecule has 1 aromatic heterocycles. The molecule has 0 aliphatic heterocycles. The summed E-state index contributed by atoms with van der Waals surface area (Å²) in [4.78, 5) is 0. The minimum atomic E-state index is 0.727. The van der Waals surface area contributed by atoms with Crippen molar-refractivity contribution < 1.29 is 4.74 Å². The van der Waals surface area contributed by atoms with E-state index in [0.29, 0.717) is 0 Å². The van der Waals surface area contributed by atoms with Crippen LogP contribution in [0.4, 0.5) is 0 Å². The van der Waals surface area contributed by atoms with Crippen molar-refractivity contribution in [1.82, 2.24) is 0 Å². The van der Waals surface area contributed by atoms with Crippen LogP contribution in [0.3, 0.4) is 0 Å². The SMILES string of the molecule is COc1c(CCCN)ccc2sccc12. The van der Waals surface area contributed by atoms with Crippen molar-refractivity contribution in [3.05, 3.63) is 29.1 Å². The van der Waals surface area contributed by atoms with E-state index < -0.39 is 0 Å². The molecule has 15 heavy (non-hydrogen) atoms. The third-order valence-electron chi connectivity index (χ3n) is 2.52. The van der Waals surface area contributed by atoms with E-state index >= 15 is 0 Å². The number of nitrogens with two attached hydrogens (primary N) is 1. The van der Waals surface area contributed by atoms with Crippen molar-refractivity contribution >= 4 is 21.4 Å². The minimum Gasteiger partial charge on any atom is -0.496 e. The Kier molecular flexibility index (Phi) is 3.23. The fraction of sp³-hybridized carbons (Fsp3) is 0.333. The topological polar surface area (TPSA) is 35.2 Å². The lowest BCUT2D eigenvalue weighted by atomic mass is 10.1. The summed E-state index contributed by atoms with van der Waals surface area (Å²) < 4.78 is 6.76. The number of thiophene rings is 1. The molecule has 3 heteroatoms. The number of benzene rings is 1. The molecular formula is C12H15NOS. The van der Waals surface area contributed by atoms with Gasteiger partial charge in [0.25, 0.3) is 0 Å². The third-order valence-corrected chi connectivity index (χ3v) is 3.40. The second-order valence-corrected chi connectivity index (χ2v) is 4.43. The predicted molar refractivity (Wildman–Crippen MR) is 65.8 cm³/mol. The Hall–Kier alpha value is -1.06. The Balaban J connectivity index is 2.44. The molecule has 0 amide bonds. The molecule has 2 rings (SSSR count). The van der Waals surface area contributed by atoms with Crippen LogP contribution in [0.5, 0.6) is 5.75 Å². The summed E-state index contributed by atoms with van der Waals surface area (Å²) in [5.41, 5.74) is 6.78. The van der Waals surface area contributed by atoms with Crippen LogP contribution in [-0.2, 0) is 6.42 Å². The first kappa shape index (κ1) is 10.5. The molecule has 2 N–H and O–H groups in total. The maximum absolute atomic E-state index is 5.52. The van der Waals surface area contributed by atoms with E-state index in [-0.39, 0.29) is 0 Å². The van der Waals surface area contributed by atoms with Crippen molar-refractivity contribution in [2.75, 3.05) is 13.7 Å². The second-order valence-electron chi connectivity index (χ2n) is 3.48. The molecule has 0 bridgehead atoms. The predicted octanol–water partition coefficient (Wildman–Crippen LogP) is 2.80. The van der Waals surface area contributed by atoms with Gasteiger partial charge in [-0.1, -0.05) is 6.07 Å². The van der Waals surface area contributed by atoms with Crippen molar-refractivity contribution in [3.63, 3.8) is 0 Å². The van der Waals surface area contributed by atoms with E-state index in [1.165, 1.54) is 15.6 Å². The highest BCUT2D eigenvalue weighted by Gasteiger charge is 2.08. The lowest BCUT2D eigenvalue weighted by Crippen LogP contribution is -2.01. The maximum Gasteiger partial charge on any atom is 0.130 e. The van der Waals surface area contributed by atoms with Crippen molar-refractivity contribution in [1.29, 1.82) is 0 Å². The molecule has 2 aromatic rings. The van der Waals surface area contributed by atoms with Crippen LogP contribution >= 0.6 is 11.3 Å². The van der Waals surface area contributed by atoms with Gasteiger partial charge in [-0.25, -0.2) is 0 Å². The van der Waals surface area contributed by atoms with Crippen molar-refractivity contribution in [3.8, 4) is 5.75 Å². The third kappa shape index (κ3) is 1.98. The Labute approximate surface area is 93.7 Å². The molecule has 0 aliphatic rings. The average Bonchev–Trinajstić information content (AvgIpc) is 2.73. The standard InChI is InChI=1S/C12H15NOS/c1-14-12-9(3-2-7-13)4-5-11-10(12)6-8-15-11/h4-6,8H,2-3,7,13H2,1H3. The minimum absolute atomic E-state index is 0.727. The van der Waals surface area contributed by atoms with Gasteiger partial charge in [-0.3, -0.25) is 0 Å². The highest BCUT2D eigenvalue weighted by Crippen LogP contribution is 2.33. The van der Waals surface area contributed by atoms with E-state index in [2.05, 4.69) is 23.6 Å². The summed E-state index contributed by atoms with van der Waals surface area (Å²) >= 11 is 1.74. The largest absolute Gasteiger partial charge is 0.496 e. The van der Waals surface area contributed by atoms with Gasteiger partial charge >= 0.3 is 0 Å². The zero-order valence-electron chi connectivity index (χ0n) is 8.82. The number of fused-ring (bicyclic) bond motifs is 1. The molecule has 0 atom stereocenters. The van der Waals surface area contributed by atoms with Gasteiger partial charge in [0.2, 0.25) is 0 Å². The highest BCUT2D eigenvalue weighted by molar-refractivity contribution is 7.17. The zero-order chi connectivity index (χ0) is 10.7. The monoisotopic (exact) mass is 221 g/mol. The van der Waals surface area contributed by atoms with Crippen molar-refractivity contribution in [2.24, 2.45) is 5.73 Å². The van der Waals surface area contributed by atoms with Crippen LogP contribution in [0.1, 0.15) is 12.0 Å². The van der Waals surface area contributed by atoms with E-state index in [9.17, 15) is 0 Å².